The number of carbonyl (C=O) groups is 3. The largest absolute Gasteiger partial charge is 0.488 e. The molecule has 11 heteroatoms. The summed E-state index contributed by atoms with van der Waals surface area (Å²) >= 11 is 7.33. The van der Waals surface area contributed by atoms with Gasteiger partial charge in [0.2, 0.25) is 5.91 Å². The summed E-state index contributed by atoms with van der Waals surface area (Å²) in [5, 5.41) is 6.22. The van der Waals surface area contributed by atoms with E-state index in [-0.39, 0.29) is 60.6 Å². The minimum Gasteiger partial charge on any atom is -0.488 e. The lowest BCUT2D eigenvalue weighted by atomic mass is 9.77. The number of benzene rings is 1. The highest BCUT2D eigenvalue weighted by atomic mass is 35.5. The molecule has 2 unspecified atom stereocenters. The standard InChI is InChI=1S/C34H43ClFN3O5S/c1-6-43-31-14-13-25(44-19-24-10-7-8-15-37-24)16-34(31,5)17-32(42)39-33(22(2)3)29(40)18-38-23(4)30(41)21-45-20-26-27(35)11-9-12-28(26)36/h7-16,22-23,31,33,38H,6,17-21H2,1-5H3,(H,39,42)/t23-,31?,33-,34?/m0/s1. The van der Waals surface area contributed by atoms with Gasteiger partial charge in [0.15, 0.2) is 11.6 Å². The number of halogens is 2. The van der Waals surface area contributed by atoms with E-state index in [0.29, 0.717) is 23.0 Å². The van der Waals surface area contributed by atoms with Crippen molar-refractivity contribution in [2.24, 2.45) is 11.3 Å². The molecule has 0 aliphatic heterocycles. The SMILES string of the molecule is CCOC1C=CC(OCc2ccccn2)=CC1(C)CC(=O)N[C@H](C(=O)CN[C@@H](C)C(=O)CSCc1c(F)cccc1Cl)C(C)C. The van der Waals surface area contributed by atoms with Crippen LogP contribution in [0.1, 0.15) is 52.3 Å². The van der Waals surface area contributed by atoms with Gasteiger partial charge in [0.25, 0.3) is 0 Å². The Hall–Kier alpha value is -3.05. The molecule has 1 aliphatic rings. The maximum Gasteiger partial charge on any atom is 0.221 e. The Kier molecular flexibility index (Phi) is 14.2. The molecule has 1 heterocycles. The second-order valence-corrected chi connectivity index (χ2v) is 13.0. The number of aromatic nitrogens is 1. The van der Waals surface area contributed by atoms with Crippen LogP contribution >= 0.6 is 23.4 Å². The average Bonchev–Trinajstić information content (AvgIpc) is 3.00. The Morgan fingerprint density at radius 1 is 1.13 bits per heavy atom. The summed E-state index contributed by atoms with van der Waals surface area (Å²) < 4.78 is 25.9. The highest BCUT2D eigenvalue weighted by Gasteiger charge is 2.38. The number of thioether (sulfide) groups is 1. The second kappa shape index (κ2) is 17.6. The highest BCUT2D eigenvalue weighted by Crippen LogP contribution is 2.36. The van der Waals surface area contributed by atoms with Crippen molar-refractivity contribution >= 4 is 40.8 Å². The third kappa shape index (κ3) is 11.1. The van der Waals surface area contributed by atoms with Crippen LogP contribution < -0.4 is 10.6 Å². The van der Waals surface area contributed by atoms with Gasteiger partial charge in [0.1, 0.15) is 18.2 Å². The van der Waals surface area contributed by atoms with Crippen molar-refractivity contribution < 1.29 is 28.2 Å². The Morgan fingerprint density at radius 3 is 2.58 bits per heavy atom. The molecule has 1 amide bonds. The smallest absolute Gasteiger partial charge is 0.221 e. The fourth-order valence-corrected chi connectivity index (χ4v) is 6.24. The molecule has 0 saturated heterocycles. The number of ether oxygens (including phenoxy) is 2. The molecule has 0 fully saturated rings. The monoisotopic (exact) mass is 659 g/mol. The third-order valence-electron chi connectivity index (χ3n) is 7.51. The minimum absolute atomic E-state index is 0.0700. The molecule has 0 spiro atoms. The van der Waals surface area contributed by atoms with Crippen molar-refractivity contribution in [1.82, 2.24) is 15.6 Å². The lowest BCUT2D eigenvalue weighted by molar-refractivity contribution is -0.130. The Morgan fingerprint density at radius 2 is 1.91 bits per heavy atom. The van der Waals surface area contributed by atoms with E-state index in [1.54, 1.807) is 19.2 Å². The van der Waals surface area contributed by atoms with E-state index in [1.165, 1.54) is 23.9 Å². The highest BCUT2D eigenvalue weighted by molar-refractivity contribution is 7.99. The second-order valence-electron chi connectivity index (χ2n) is 11.6. The summed E-state index contributed by atoms with van der Waals surface area (Å²) in [6.45, 7) is 9.89. The van der Waals surface area contributed by atoms with Gasteiger partial charge in [-0.2, -0.15) is 0 Å². The molecule has 2 N–H and O–H groups in total. The van der Waals surface area contributed by atoms with Gasteiger partial charge < -0.3 is 20.1 Å². The van der Waals surface area contributed by atoms with Crippen molar-refractivity contribution in [3.05, 3.63) is 88.7 Å². The lowest BCUT2D eigenvalue weighted by Gasteiger charge is -2.36. The maximum atomic E-state index is 14.0. The van der Waals surface area contributed by atoms with Crippen molar-refractivity contribution in [2.75, 3.05) is 18.9 Å². The molecule has 1 aliphatic carbocycles. The van der Waals surface area contributed by atoms with Crippen LogP contribution in [-0.2, 0) is 36.2 Å². The fourth-order valence-electron chi connectivity index (χ4n) is 4.88. The average molecular weight is 660 g/mol. The van der Waals surface area contributed by atoms with Gasteiger partial charge >= 0.3 is 0 Å². The molecular formula is C34H43ClFN3O5S. The van der Waals surface area contributed by atoms with Gasteiger partial charge in [-0.3, -0.25) is 19.4 Å². The first kappa shape index (κ1) is 36.4. The predicted molar refractivity (Wildman–Crippen MR) is 176 cm³/mol. The molecule has 8 nitrogen and oxygen atoms in total. The number of ketones is 2. The molecule has 1 aromatic heterocycles. The summed E-state index contributed by atoms with van der Waals surface area (Å²) in [6.07, 6.45) is 7.04. The van der Waals surface area contributed by atoms with Gasteiger partial charge in [-0.1, -0.05) is 50.6 Å². The van der Waals surface area contributed by atoms with Crippen LogP contribution in [0.4, 0.5) is 4.39 Å². The molecule has 3 rings (SSSR count). The number of allylic oxidation sites excluding steroid dienone is 1. The molecule has 45 heavy (non-hydrogen) atoms. The van der Waals surface area contributed by atoms with E-state index in [0.717, 1.165) is 5.69 Å². The topological polar surface area (TPSA) is 107 Å². The number of hydrogen-bond donors (Lipinski definition) is 2. The zero-order valence-electron chi connectivity index (χ0n) is 26.5. The lowest BCUT2D eigenvalue weighted by Crippen LogP contribution is -2.50. The first-order chi connectivity index (χ1) is 21.4. The van der Waals surface area contributed by atoms with Gasteiger partial charge in [0.05, 0.1) is 36.2 Å². The van der Waals surface area contributed by atoms with Gasteiger partial charge in [-0.25, -0.2) is 4.39 Å². The molecular weight excluding hydrogens is 617 g/mol. The van der Waals surface area contributed by atoms with Crippen LogP contribution in [0.2, 0.25) is 5.02 Å². The van der Waals surface area contributed by atoms with E-state index in [1.807, 2.05) is 64.1 Å². The molecule has 1 aromatic carbocycles. The third-order valence-corrected chi connectivity index (χ3v) is 8.84. The van der Waals surface area contributed by atoms with Crippen LogP contribution in [0.3, 0.4) is 0 Å². The first-order valence-corrected chi connectivity index (χ1v) is 16.6. The van der Waals surface area contributed by atoms with Gasteiger partial charge in [-0.05, 0) is 56.2 Å². The van der Waals surface area contributed by atoms with Crippen molar-refractivity contribution in [1.29, 1.82) is 0 Å². The zero-order chi connectivity index (χ0) is 33.0. The van der Waals surface area contributed by atoms with E-state index >= 15 is 0 Å². The number of hydrogen-bond acceptors (Lipinski definition) is 8. The van der Waals surface area contributed by atoms with Crippen LogP contribution in [0.25, 0.3) is 0 Å². The van der Waals surface area contributed by atoms with Gasteiger partial charge in [-0.15, -0.1) is 11.8 Å². The quantitative estimate of drug-likeness (QED) is 0.206. The normalized spacial score (nSPS) is 19.1. The molecule has 2 aromatic rings. The minimum atomic E-state index is -0.748. The van der Waals surface area contributed by atoms with Crippen molar-refractivity contribution in [3.63, 3.8) is 0 Å². The van der Waals surface area contributed by atoms with Crippen LogP contribution in [0.15, 0.2) is 66.6 Å². The molecule has 0 saturated carbocycles. The summed E-state index contributed by atoms with van der Waals surface area (Å²) in [5.41, 5.74) is 0.424. The molecule has 244 valence electrons. The fraction of sp³-hybridized carbons (Fsp3) is 0.471. The number of carbonyl (C=O) groups excluding carboxylic acids is 3. The molecule has 0 radical (unpaired) electrons. The summed E-state index contributed by atoms with van der Waals surface area (Å²) in [6, 6.07) is 8.74. The number of amides is 1. The Balaban J connectivity index is 1.54. The maximum absolute atomic E-state index is 14.0. The van der Waals surface area contributed by atoms with Crippen LogP contribution in [-0.4, -0.2) is 59.5 Å². The van der Waals surface area contributed by atoms with Crippen LogP contribution in [0.5, 0.6) is 0 Å². The van der Waals surface area contributed by atoms with Crippen LogP contribution in [0, 0.1) is 17.2 Å². The van der Waals surface area contributed by atoms with E-state index in [4.69, 9.17) is 21.1 Å². The van der Waals surface area contributed by atoms with Crippen molar-refractivity contribution in [2.45, 2.75) is 71.6 Å². The van der Waals surface area contributed by atoms with Gasteiger partial charge in [0, 0.05) is 41.0 Å². The predicted octanol–water partition coefficient (Wildman–Crippen LogP) is 5.84. The van der Waals surface area contributed by atoms with E-state index in [2.05, 4.69) is 15.6 Å². The summed E-state index contributed by atoms with van der Waals surface area (Å²) in [5.74, 6) is -0.229. The first-order valence-electron chi connectivity index (χ1n) is 15.1. The van der Waals surface area contributed by atoms with E-state index in [9.17, 15) is 18.8 Å². The number of nitrogens with zero attached hydrogens (tertiary/aromatic N) is 1. The van der Waals surface area contributed by atoms with Crippen molar-refractivity contribution in [3.8, 4) is 0 Å². The summed E-state index contributed by atoms with van der Waals surface area (Å²) in [4.78, 5) is 43.5. The number of pyridine rings is 1. The Labute approximate surface area is 274 Å². The molecule has 4 atom stereocenters. The molecule has 0 bridgehead atoms. The number of rotatable bonds is 18. The number of Topliss-reactive ketones (excluding diaryl/α,β-unsaturated/α-hetero) is 2. The zero-order valence-corrected chi connectivity index (χ0v) is 28.1. The summed E-state index contributed by atoms with van der Waals surface area (Å²) in [7, 11) is 0. The Bertz CT molecular complexity index is 1350. The van der Waals surface area contributed by atoms with E-state index < -0.39 is 23.3 Å². The number of nitrogens with one attached hydrogen (secondary N) is 2.